The van der Waals surface area contributed by atoms with E-state index in [9.17, 15) is 10.1 Å². The molecule has 0 saturated heterocycles. The van der Waals surface area contributed by atoms with Gasteiger partial charge in [-0.2, -0.15) is 0 Å². The number of hydrogen-bond donors (Lipinski definition) is 0. The highest BCUT2D eigenvalue weighted by molar-refractivity contribution is 8.06. The predicted octanol–water partition coefficient (Wildman–Crippen LogP) is 6.86. The van der Waals surface area contributed by atoms with Crippen molar-refractivity contribution in [1.29, 1.82) is 0 Å². The van der Waals surface area contributed by atoms with Gasteiger partial charge in [-0.1, -0.05) is 67.5 Å². The molecule has 0 spiro atoms. The van der Waals surface area contributed by atoms with Crippen LogP contribution in [0.1, 0.15) is 53.6 Å². The lowest BCUT2D eigenvalue weighted by molar-refractivity contribution is -0.479. The topological polar surface area (TPSA) is 43.1 Å². The third kappa shape index (κ3) is 5.23. The highest BCUT2D eigenvalue weighted by atomic mass is 32.2. The summed E-state index contributed by atoms with van der Waals surface area (Å²) in [5, 5.41) is 13.0. The maximum absolute atomic E-state index is 10.7. The smallest absolute Gasteiger partial charge is 0.207 e. The van der Waals surface area contributed by atoms with Gasteiger partial charge in [-0.3, -0.25) is 10.1 Å². The van der Waals surface area contributed by atoms with E-state index in [1.54, 1.807) is 0 Å². The van der Waals surface area contributed by atoms with E-state index in [1.807, 2.05) is 11.8 Å². The molecule has 30 heavy (non-hydrogen) atoms. The fourth-order valence-electron chi connectivity index (χ4n) is 3.95. The van der Waals surface area contributed by atoms with Gasteiger partial charge in [-0.05, 0) is 71.7 Å². The van der Waals surface area contributed by atoms with Crippen LogP contribution < -0.4 is 0 Å². The summed E-state index contributed by atoms with van der Waals surface area (Å²) in [7, 11) is 0. The predicted molar refractivity (Wildman–Crippen MR) is 128 cm³/mol. The van der Waals surface area contributed by atoms with E-state index < -0.39 is 0 Å². The number of benzene rings is 2. The van der Waals surface area contributed by atoms with Crippen molar-refractivity contribution in [2.24, 2.45) is 0 Å². The normalized spacial score (nSPS) is 14.3. The zero-order chi connectivity index (χ0) is 21.9. The fourth-order valence-corrected chi connectivity index (χ4v) is 5.01. The van der Waals surface area contributed by atoms with Gasteiger partial charge in [0.05, 0.1) is 0 Å². The molecule has 2 aromatic rings. The molecule has 0 fully saturated rings. The Morgan fingerprint density at radius 1 is 1.03 bits per heavy atom. The molecule has 1 aliphatic heterocycles. The average Bonchev–Trinajstić information content (AvgIpc) is 2.70. The molecule has 2 aromatic carbocycles. The van der Waals surface area contributed by atoms with E-state index in [1.165, 1.54) is 32.7 Å². The molecule has 0 aliphatic carbocycles. The van der Waals surface area contributed by atoms with Gasteiger partial charge in [0.1, 0.15) is 0 Å². The maximum atomic E-state index is 10.7. The zero-order valence-corrected chi connectivity index (χ0v) is 19.4. The molecule has 1 aliphatic rings. The average molecular weight is 422 g/mol. The lowest BCUT2D eigenvalue weighted by Crippen LogP contribution is -2.19. The van der Waals surface area contributed by atoms with Crippen LogP contribution in [0, 0.1) is 30.9 Å². The van der Waals surface area contributed by atoms with Crippen LogP contribution in [0.25, 0.3) is 0 Å². The van der Waals surface area contributed by atoms with Crippen molar-refractivity contribution in [3.8, 4) is 0 Å². The van der Waals surface area contributed by atoms with Gasteiger partial charge >= 0.3 is 0 Å². The maximum Gasteiger partial charge on any atom is 0.207 e. The van der Waals surface area contributed by atoms with Gasteiger partial charge in [0, 0.05) is 16.8 Å². The van der Waals surface area contributed by atoms with Crippen LogP contribution in [-0.2, 0) is 18.3 Å². The van der Waals surface area contributed by atoms with Crippen molar-refractivity contribution in [3.63, 3.8) is 0 Å². The van der Waals surface area contributed by atoms with Crippen molar-refractivity contribution in [2.45, 2.75) is 59.3 Å². The Balaban J connectivity index is 1.69. The Morgan fingerprint density at radius 2 is 1.67 bits per heavy atom. The standard InChI is InChI=1S/C26H31NO2S/c1-18-6-9-24(10-7-18)26(4,5)25-11-8-21(17-30-25)16-23-15-19(2)22(14-20(23)3)12-13-27(28)29/h6-7,9-11,14-15,17H,8,12-13,16H2,1-5H3. The molecule has 0 amide bonds. The highest BCUT2D eigenvalue weighted by Gasteiger charge is 2.27. The van der Waals surface area contributed by atoms with E-state index in [2.05, 4.69) is 82.5 Å². The fraction of sp³-hybridized carbons (Fsp3) is 0.385. The summed E-state index contributed by atoms with van der Waals surface area (Å²) in [5.74, 6) is 0. The van der Waals surface area contributed by atoms with Gasteiger partial charge in [-0.15, -0.1) is 11.8 Å². The van der Waals surface area contributed by atoms with Crippen molar-refractivity contribution in [3.05, 3.63) is 102 Å². The van der Waals surface area contributed by atoms with Crippen LogP contribution in [-0.4, -0.2) is 11.5 Å². The molecule has 0 atom stereocenters. The summed E-state index contributed by atoms with van der Waals surface area (Å²) in [6.45, 7) is 10.9. The summed E-state index contributed by atoms with van der Waals surface area (Å²) >= 11 is 1.85. The first-order valence-electron chi connectivity index (χ1n) is 10.5. The monoisotopic (exact) mass is 421 g/mol. The van der Waals surface area contributed by atoms with E-state index in [0.29, 0.717) is 6.42 Å². The second kappa shape index (κ2) is 9.22. The molecule has 0 unspecified atom stereocenters. The summed E-state index contributed by atoms with van der Waals surface area (Å²) in [6, 6.07) is 13.2. The lowest BCUT2D eigenvalue weighted by Gasteiger charge is -2.30. The number of aryl methyl sites for hydroxylation is 3. The van der Waals surface area contributed by atoms with E-state index in [-0.39, 0.29) is 16.9 Å². The number of nitrogens with zero attached hydrogens (tertiary/aromatic N) is 1. The summed E-state index contributed by atoms with van der Waals surface area (Å²) in [6.07, 6.45) is 4.79. The Kier molecular flexibility index (Phi) is 6.87. The van der Waals surface area contributed by atoms with Crippen molar-refractivity contribution < 1.29 is 4.92 Å². The number of hydrogen-bond acceptors (Lipinski definition) is 3. The SMILES string of the molecule is Cc1ccc(C(C)(C)C2=CCC(Cc3cc(C)c(CC[N+](=O)[O-])cc3C)=CS2)cc1. The molecule has 158 valence electrons. The second-order valence-corrected chi connectivity index (χ2v) is 9.76. The minimum absolute atomic E-state index is 0.00552. The highest BCUT2D eigenvalue weighted by Crippen LogP contribution is 2.42. The van der Waals surface area contributed by atoms with Crippen molar-refractivity contribution in [1.82, 2.24) is 0 Å². The number of allylic oxidation sites excluding steroid dienone is 3. The Morgan fingerprint density at radius 3 is 2.27 bits per heavy atom. The van der Waals surface area contributed by atoms with Crippen LogP contribution >= 0.6 is 11.8 Å². The van der Waals surface area contributed by atoms with Gasteiger partial charge in [0.25, 0.3) is 0 Å². The van der Waals surface area contributed by atoms with Gasteiger partial charge in [0.15, 0.2) is 0 Å². The number of nitro groups is 1. The summed E-state index contributed by atoms with van der Waals surface area (Å²) in [4.78, 5) is 11.9. The quantitative estimate of drug-likeness (QED) is 0.362. The van der Waals surface area contributed by atoms with Gasteiger partial charge < -0.3 is 0 Å². The molecular formula is C26H31NO2S. The first-order valence-corrected chi connectivity index (χ1v) is 11.4. The molecule has 4 heteroatoms. The zero-order valence-electron chi connectivity index (χ0n) is 18.6. The molecule has 0 radical (unpaired) electrons. The van der Waals surface area contributed by atoms with Crippen molar-refractivity contribution >= 4 is 11.8 Å². The molecular weight excluding hydrogens is 390 g/mol. The van der Waals surface area contributed by atoms with E-state index in [4.69, 9.17) is 0 Å². The third-order valence-electron chi connectivity index (χ3n) is 6.07. The number of thioether (sulfide) groups is 1. The second-order valence-electron chi connectivity index (χ2n) is 8.85. The van der Waals surface area contributed by atoms with Crippen LogP contribution in [0.2, 0.25) is 0 Å². The van der Waals surface area contributed by atoms with Crippen molar-refractivity contribution in [2.75, 3.05) is 6.54 Å². The van der Waals surface area contributed by atoms with E-state index in [0.717, 1.165) is 24.0 Å². The van der Waals surface area contributed by atoms with Gasteiger partial charge in [0.2, 0.25) is 6.54 Å². The minimum atomic E-state index is -0.241. The minimum Gasteiger partial charge on any atom is -0.265 e. The molecule has 0 bridgehead atoms. The summed E-state index contributed by atoms with van der Waals surface area (Å²) in [5.41, 5.74) is 8.84. The van der Waals surface area contributed by atoms with Crippen LogP contribution in [0.5, 0.6) is 0 Å². The van der Waals surface area contributed by atoms with Crippen LogP contribution in [0.4, 0.5) is 0 Å². The Bertz CT molecular complexity index is 1000. The largest absolute Gasteiger partial charge is 0.265 e. The summed E-state index contributed by atoms with van der Waals surface area (Å²) < 4.78 is 0. The molecule has 3 nitrogen and oxygen atoms in total. The lowest BCUT2D eigenvalue weighted by atomic mass is 9.83. The van der Waals surface area contributed by atoms with Crippen LogP contribution in [0.3, 0.4) is 0 Å². The first-order chi connectivity index (χ1) is 14.2. The van der Waals surface area contributed by atoms with E-state index >= 15 is 0 Å². The third-order valence-corrected chi connectivity index (χ3v) is 7.45. The molecule has 1 heterocycles. The number of rotatable bonds is 7. The molecule has 3 rings (SSSR count). The molecule has 0 aromatic heterocycles. The molecule has 0 saturated carbocycles. The van der Waals surface area contributed by atoms with Crippen LogP contribution in [0.15, 0.2) is 58.4 Å². The van der Waals surface area contributed by atoms with Gasteiger partial charge in [-0.25, -0.2) is 0 Å². The molecule has 0 N–H and O–H groups in total. The Labute approximate surface area is 184 Å². The first kappa shape index (κ1) is 22.4. The Hall–Kier alpha value is -2.33.